The number of benzene rings is 1. The van der Waals surface area contributed by atoms with Crippen molar-refractivity contribution < 1.29 is 19.1 Å². The number of carbonyl (C=O) groups excluding carboxylic acids is 2. The molecule has 6 nitrogen and oxygen atoms in total. The molecule has 25 heavy (non-hydrogen) atoms. The van der Waals surface area contributed by atoms with Crippen LogP contribution in [0.1, 0.15) is 27.5 Å². The molecule has 0 aliphatic heterocycles. The molecule has 0 unspecified atom stereocenters. The van der Waals surface area contributed by atoms with Crippen molar-refractivity contribution in [2.45, 2.75) is 19.4 Å². The Morgan fingerprint density at radius 2 is 2.00 bits per heavy atom. The maximum atomic E-state index is 12.0. The highest BCUT2D eigenvalue weighted by atomic mass is 32.1. The summed E-state index contributed by atoms with van der Waals surface area (Å²) in [5.74, 6) is 0.182. The third kappa shape index (κ3) is 4.90. The molecular weight excluding hydrogens is 340 g/mol. The Morgan fingerprint density at radius 3 is 2.60 bits per heavy atom. The van der Waals surface area contributed by atoms with E-state index in [1.807, 2.05) is 12.1 Å². The average molecular weight is 360 g/mol. The van der Waals surface area contributed by atoms with Gasteiger partial charge >= 0.3 is 5.97 Å². The van der Waals surface area contributed by atoms with Crippen LogP contribution in [0.5, 0.6) is 5.75 Å². The summed E-state index contributed by atoms with van der Waals surface area (Å²) in [4.78, 5) is 28.7. The summed E-state index contributed by atoms with van der Waals surface area (Å²) in [7, 11) is 2.92. The molecule has 1 aromatic carbocycles. The van der Waals surface area contributed by atoms with Crippen LogP contribution in [0.2, 0.25) is 0 Å². The van der Waals surface area contributed by atoms with Crippen molar-refractivity contribution in [3.05, 3.63) is 46.8 Å². The summed E-state index contributed by atoms with van der Waals surface area (Å²) in [6.45, 7) is 3.85. The summed E-state index contributed by atoms with van der Waals surface area (Å²) in [6.07, 6.45) is 2.69. The number of thiazole rings is 1. The number of nitrogens with zero attached hydrogens (tertiary/aromatic N) is 1. The highest BCUT2D eigenvalue weighted by Crippen LogP contribution is 2.30. The topological polar surface area (TPSA) is 77.5 Å². The van der Waals surface area contributed by atoms with Crippen LogP contribution < -0.4 is 10.1 Å². The number of methoxy groups -OCH3 is 2. The minimum Gasteiger partial charge on any atom is -0.497 e. The summed E-state index contributed by atoms with van der Waals surface area (Å²) in [6, 6.07) is 7.25. The molecule has 7 heteroatoms. The molecule has 1 heterocycles. The van der Waals surface area contributed by atoms with Gasteiger partial charge in [0.15, 0.2) is 0 Å². The van der Waals surface area contributed by atoms with Crippen molar-refractivity contribution in [1.82, 2.24) is 10.3 Å². The predicted molar refractivity (Wildman–Crippen MR) is 96.7 cm³/mol. The number of nitrogens with one attached hydrogen (secondary N) is 1. The maximum absolute atomic E-state index is 12.0. The second-order valence-corrected chi connectivity index (χ2v) is 6.19. The van der Waals surface area contributed by atoms with Gasteiger partial charge in [-0.3, -0.25) is 4.79 Å². The van der Waals surface area contributed by atoms with E-state index in [2.05, 4.69) is 16.9 Å². The van der Waals surface area contributed by atoms with Crippen LogP contribution in [-0.2, 0) is 16.1 Å². The summed E-state index contributed by atoms with van der Waals surface area (Å²) in [5, 5.41) is 3.43. The molecule has 1 aromatic heterocycles. The quantitative estimate of drug-likeness (QED) is 0.578. The van der Waals surface area contributed by atoms with Crippen LogP contribution in [0.15, 0.2) is 36.9 Å². The van der Waals surface area contributed by atoms with E-state index < -0.39 is 5.97 Å². The number of amides is 1. The van der Waals surface area contributed by atoms with Gasteiger partial charge < -0.3 is 14.8 Å². The maximum Gasteiger partial charge on any atom is 0.350 e. The standard InChI is InChI=1S/C18H20N2O4S/c1-4-5-6-14(21)19-11-15-20-16(17(25-15)18(22)24-3)12-7-9-13(23-2)10-8-12/h4,7-10H,1,5-6,11H2,2-3H3,(H,19,21). The lowest BCUT2D eigenvalue weighted by Crippen LogP contribution is -2.22. The van der Waals surface area contributed by atoms with Crippen LogP contribution in [0, 0.1) is 0 Å². The summed E-state index contributed by atoms with van der Waals surface area (Å²) < 4.78 is 9.99. The molecular formula is C18H20N2O4S. The molecule has 0 aliphatic carbocycles. The Balaban J connectivity index is 2.22. The molecule has 0 bridgehead atoms. The van der Waals surface area contributed by atoms with Gasteiger partial charge in [-0.25, -0.2) is 9.78 Å². The van der Waals surface area contributed by atoms with Gasteiger partial charge in [-0.15, -0.1) is 17.9 Å². The molecule has 0 aliphatic rings. The average Bonchev–Trinajstić information content (AvgIpc) is 3.08. The molecule has 2 aromatic rings. The van der Waals surface area contributed by atoms with Crippen LogP contribution in [0.4, 0.5) is 0 Å². The summed E-state index contributed by atoms with van der Waals surface area (Å²) in [5.41, 5.74) is 1.32. The fourth-order valence-corrected chi connectivity index (χ4v) is 3.06. The Hall–Kier alpha value is -2.67. The van der Waals surface area contributed by atoms with E-state index in [0.29, 0.717) is 34.2 Å². The van der Waals surface area contributed by atoms with E-state index in [1.54, 1.807) is 25.3 Å². The van der Waals surface area contributed by atoms with Gasteiger partial charge in [0.1, 0.15) is 15.6 Å². The van der Waals surface area contributed by atoms with Crippen LogP contribution in [0.3, 0.4) is 0 Å². The third-order valence-corrected chi connectivity index (χ3v) is 4.45. The number of esters is 1. The Bertz CT molecular complexity index is 753. The molecule has 1 amide bonds. The van der Waals surface area contributed by atoms with Crippen molar-refractivity contribution in [1.29, 1.82) is 0 Å². The first-order valence-corrected chi connectivity index (χ1v) is 8.50. The van der Waals surface area contributed by atoms with E-state index in [4.69, 9.17) is 9.47 Å². The summed E-state index contributed by atoms with van der Waals surface area (Å²) >= 11 is 1.21. The lowest BCUT2D eigenvalue weighted by Gasteiger charge is -2.03. The van der Waals surface area contributed by atoms with Crippen molar-refractivity contribution in [2.75, 3.05) is 14.2 Å². The monoisotopic (exact) mass is 360 g/mol. The number of hydrogen-bond acceptors (Lipinski definition) is 6. The third-order valence-electron chi connectivity index (χ3n) is 3.42. The smallest absolute Gasteiger partial charge is 0.350 e. The van der Waals surface area contributed by atoms with Gasteiger partial charge in [0, 0.05) is 12.0 Å². The van der Waals surface area contributed by atoms with Crippen molar-refractivity contribution in [3.63, 3.8) is 0 Å². The highest BCUT2D eigenvalue weighted by Gasteiger charge is 2.20. The molecule has 0 saturated carbocycles. The number of ether oxygens (including phenoxy) is 2. The molecule has 2 rings (SSSR count). The zero-order chi connectivity index (χ0) is 18.2. The normalized spacial score (nSPS) is 10.2. The first kappa shape index (κ1) is 18.7. The van der Waals surface area contributed by atoms with Crippen molar-refractivity contribution >= 4 is 23.2 Å². The zero-order valence-electron chi connectivity index (χ0n) is 14.2. The van der Waals surface area contributed by atoms with Gasteiger partial charge in [-0.1, -0.05) is 6.08 Å². The van der Waals surface area contributed by atoms with Gasteiger partial charge in [-0.2, -0.15) is 0 Å². The number of allylic oxidation sites excluding steroid dienone is 1. The van der Waals surface area contributed by atoms with Crippen LogP contribution in [0.25, 0.3) is 11.3 Å². The predicted octanol–water partition coefficient (Wildman–Crippen LogP) is 3.19. The molecule has 0 atom stereocenters. The fraction of sp³-hybridized carbons (Fsp3) is 0.278. The van der Waals surface area contributed by atoms with E-state index in [-0.39, 0.29) is 12.5 Å². The van der Waals surface area contributed by atoms with E-state index in [0.717, 1.165) is 5.56 Å². The Kier molecular flexibility index (Phi) is 6.71. The van der Waals surface area contributed by atoms with Crippen molar-refractivity contribution in [2.24, 2.45) is 0 Å². The van der Waals surface area contributed by atoms with Crippen LogP contribution >= 0.6 is 11.3 Å². The van der Waals surface area contributed by atoms with E-state index in [1.165, 1.54) is 18.4 Å². The number of aromatic nitrogens is 1. The molecule has 132 valence electrons. The van der Waals surface area contributed by atoms with Gasteiger partial charge in [0.05, 0.1) is 26.5 Å². The minimum atomic E-state index is -0.451. The van der Waals surface area contributed by atoms with Gasteiger partial charge in [-0.05, 0) is 30.7 Å². The van der Waals surface area contributed by atoms with E-state index in [9.17, 15) is 9.59 Å². The van der Waals surface area contributed by atoms with E-state index >= 15 is 0 Å². The number of hydrogen-bond donors (Lipinski definition) is 1. The van der Waals surface area contributed by atoms with Crippen molar-refractivity contribution in [3.8, 4) is 17.0 Å². The van der Waals surface area contributed by atoms with Crippen LogP contribution in [-0.4, -0.2) is 31.1 Å². The lowest BCUT2D eigenvalue weighted by atomic mass is 10.1. The molecule has 0 radical (unpaired) electrons. The molecule has 1 N–H and O–H groups in total. The van der Waals surface area contributed by atoms with Gasteiger partial charge in [0.2, 0.25) is 5.91 Å². The number of carbonyl (C=O) groups is 2. The lowest BCUT2D eigenvalue weighted by molar-refractivity contribution is -0.121. The first-order chi connectivity index (χ1) is 12.1. The molecule has 0 fully saturated rings. The Morgan fingerprint density at radius 1 is 1.28 bits per heavy atom. The fourth-order valence-electron chi connectivity index (χ4n) is 2.11. The second kappa shape index (κ2) is 8.98. The largest absolute Gasteiger partial charge is 0.497 e. The number of rotatable bonds is 8. The zero-order valence-corrected chi connectivity index (χ0v) is 15.0. The Labute approximate surface area is 150 Å². The van der Waals surface area contributed by atoms with Gasteiger partial charge in [0.25, 0.3) is 0 Å². The molecule has 0 spiro atoms. The first-order valence-electron chi connectivity index (χ1n) is 7.69. The second-order valence-electron chi connectivity index (χ2n) is 5.11. The highest BCUT2D eigenvalue weighted by molar-refractivity contribution is 7.14. The minimum absolute atomic E-state index is 0.0827. The SMILES string of the molecule is C=CCCC(=O)NCc1nc(-c2ccc(OC)cc2)c(C(=O)OC)s1. The molecule has 0 saturated heterocycles.